The maximum Gasteiger partial charge on any atom is 0.269 e. The minimum atomic E-state index is 0.466. The third kappa shape index (κ3) is 2.82. The Balaban J connectivity index is 1.67. The molecule has 0 atom stereocenters. The van der Waals surface area contributed by atoms with Crippen LogP contribution in [0.1, 0.15) is 37.1 Å². The second kappa shape index (κ2) is 5.76. The van der Waals surface area contributed by atoms with Crippen molar-refractivity contribution in [2.75, 3.05) is 0 Å². The SMILES string of the molecule is N#Cc1ccsc1-c1nc(CSC2CCCC2)no1. The van der Waals surface area contributed by atoms with Gasteiger partial charge in [0.1, 0.15) is 10.9 Å². The van der Waals surface area contributed by atoms with Gasteiger partial charge >= 0.3 is 0 Å². The Kier molecular flexibility index (Phi) is 3.85. The Morgan fingerprint density at radius 1 is 1.47 bits per heavy atom. The smallest absolute Gasteiger partial charge is 0.269 e. The molecule has 98 valence electrons. The van der Waals surface area contributed by atoms with E-state index in [1.807, 2.05) is 17.1 Å². The summed E-state index contributed by atoms with van der Waals surface area (Å²) in [6.07, 6.45) is 5.30. The molecule has 0 aliphatic heterocycles. The van der Waals surface area contributed by atoms with Crippen LogP contribution in [-0.4, -0.2) is 15.4 Å². The first-order chi connectivity index (χ1) is 9.36. The van der Waals surface area contributed by atoms with Gasteiger partial charge in [-0.05, 0) is 24.3 Å². The van der Waals surface area contributed by atoms with Crippen molar-refractivity contribution < 1.29 is 4.52 Å². The van der Waals surface area contributed by atoms with Crippen LogP contribution in [-0.2, 0) is 5.75 Å². The highest BCUT2D eigenvalue weighted by Gasteiger charge is 2.18. The molecule has 1 aliphatic rings. The summed E-state index contributed by atoms with van der Waals surface area (Å²) in [6, 6.07) is 3.91. The second-order valence-corrected chi connectivity index (χ2v) is 6.71. The van der Waals surface area contributed by atoms with E-state index < -0.39 is 0 Å². The second-order valence-electron chi connectivity index (χ2n) is 4.51. The molecule has 0 amide bonds. The van der Waals surface area contributed by atoms with E-state index in [4.69, 9.17) is 9.78 Å². The Bertz CT molecular complexity index is 593. The number of thioether (sulfide) groups is 1. The van der Waals surface area contributed by atoms with E-state index in [0.717, 1.165) is 21.7 Å². The lowest BCUT2D eigenvalue weighted by Crippen LogP contribution is -1.95. The highest BCUT2D eigenvalue weighted by molar-refractivity contribution is 7.99. The first-order valence-electron chi connectivity index (χ1n) is 6.29. The van der Waals surface area contributed by atoms with E-state index >= 15 is 0 Å². The molecule has 6 heteroatoms. The van der Waals surface area contributed by atoms with Gasteiger partial charge in [-0.3, -0.25) is 0 Å². The van der Waals surface area contributed by atoms with Gasteiger partial charge < -0.3 is 4.52 Å². The summed E-state index contributed by atoms with van der Waals surface area (Å²) in [5.41, 5.74) is 0.601. The fourth-order valence-electron chi connectivity index (χ4n) is 2.22. The van der Waals surface area contributed by atoms with Crippen LogP contribution in [0.4, 0.5) is 0 Å². The molecular formula is C13H13N3OS2. The lowest BCUT2D eigenvalue weighted by Gasteiger charge is -2.04. The number of thiophene rings is 1. The number of hydrogen-bond acceptors (Lipinski definition) is 6. The zero-order chi connectivity index (χ0) is 13.1. The molecule has 4 nitrogen and oxygen atoms in total. The van der Waals surface area contributed by atoms with E-state index in [9.17, 15) is 0 Å². The standard InChI is InChI=1S/C13H13N3OS2/c14-7-9-5-6-18-12(9)13-15-11(16-17-13)8-19-10-3-1-2-4-10/h5-6,10H,1-4,8H2. The van der Waals surface area contributed by atoms with Gasteiger partial charge in [0.05, 0.1) is 11.3 Å². The summed E-state index contributed by atoms with van der Waals surface area (Å²) >= 11 is 3.37. The van der Waals surface area contributed by atoms with Crippen LogP contribution in [0, 0.1) is 11.3 Å². The van der Waals surface area contributed by atoms with Crippen molar-refractivity contribution >= 4 is 23.1 Å². The van der Waals surface area contributed by atoms with E-state index in [1.165, 1.54) is 37.0 Å². The zero-order valence-corrected chi connectivity index (χ0v) is 12.0. The topological polar surface area (TPSA) is 62.7 Å². The van der Waals surface area contributed by atoms with Crippen molar-refractivity contribution in [1.29, 1.82) is 5.26 Å². The normalized spacial score (nSPS) is 15.7. The van der Waals surface area contributed by atoms with Crippen molar-refractivity contribution in [3.8, 4) is 16.8 Å². The summed E-state index contributed by atoms with van der Waals surface area (Å²) in [5.74, 6) is 1.99. The quantitative estimate of drug-likeness (QED) is 0.856. The summed E-state index contributed by atoms with van der Waals surface area (Å²) in [4.78, 5) is 5.15. The molecule has 1 fully saturated rings. The van der Waals surface area contributed by atoms with E-state index in [2.05, 4.69) is 16.2 Å². The lowest BCUT2D eigenvalue weighted by atomic mass is 10.3. The van der Waals surface area contributed by atoms with Crippen LogP contribution in [0.3, 0.4) is 0 Å². The molecule has 1 aliphatic carbocycles. The van der Waals surface area contributed by atoms with Crippen molar-refractivity contribution in [2.45, 2.75) is 36.7 Å². The maximum absolute atomic E-state index is 8.99. The predicted molar refractivity (Wildman–Crippen MR) is 75.9 cm³/mol. The molecule has 2 aromatic heterocycles. The molecule has 0 aromatic carbocycles. The molecule has 0 spiro atoms. The van der Waals surface area contributed by atoms with Gasteiger partial charge in [-0.2, -0.15) is 22.0 Å². The predicted octanol–water partition coefficient (Wildman–Crippen LogP) is 3.85. The van der Waals surface area contributed by atoms with Gasteiger partial charge in [0.25, 0.3) is 5.89 Å². The van der Waals surface area contributed by atoms with E-state index in [1.54, 1.807) is 6.07 Å². The Labute approximate surface area is 119 Å². The maximum atomic E-state index is 8.99. The molecule has 2 heterocycles. The fourth-order valence-corrected chi connectivity index (χ4v) is 4.15. The van der Waals surface area contributed by atoms with Gasteiger partial charge in [-0.25, -0.2) is 0 Å². The molecule has 0 N–H and O–H groups in total. The highest BCUT2D eigenvalue weighted by Crippen LogP contribution is 2.32. The fraction of sp³-hybridized carbons (Fsp3) is 0.462. The van der Waals surface area contributed by atoms with Crippen molar-refractivity contribution in [3.05, 3.63) is 22.8 Å². The van der Waals surface area contributed by atoms with E-state index in [-0.39, 0.29) is 0 Å². The first-order valence-corrected chi connectivity index (χ1v) is 8.22. The van der Waals surface area contributed by atoms with Gasteiger partial charge in [-0.15, -0.1) is 11.3 Å². The molecule has 1 saturated carbocycles. The number of nitriles is 1. The number of aromatic nitrogens is 2. The van der Waals surface area contributed by atoms with Crippen molar-refractivity contribution in [2.24, 2.45) is 0 Å². The average molecular weight is 291 g/mol. The van der Waals surface area contributed by atoms with Crippen LogP contribution < -0.4 is 0 Å². The molecule has 2 aromatic rings. The molecule has 0 radical (unpaired) electrons. The molecule has 0 unspecified atom stereocenters. The van der Waals surface area contributed by atoms with Crippen LogP contribution in [0.15, 0.2) is 16.0 Å². The third-order valence-electron chi connectivity index (χ3n) is 3.20. The molecule has 19 heavy (non-hydrogen) atoms. The molecular weight excluding hydrogens is 278 g/mol. The van der Waals surface area contributed by atoms with Crippen molar-refractivity contribution in [3.63, 3.8) is 0 Å². The Morgan fingerprint density at radius 2 is 2.32 bits per heavy atom. The van der Waals surface area contributed by atoms with Crippen LogP contribution in [0.25, 0.3) is 10.8 Å². The van der Waals surface area contributed by atoms with Crippen LogP contribution >= 0.6 is 23.1 Å². The Hall–Kier alpha value is -1.32. The summed E-state index contributed by atoms with van der Waals surface area (Å²) < 4.78 is 5.25. The van der Waals surface area contributed by atoms with Gasteiger partial charge in [0.15, 0.2) is 5.82 Å². The van der Waals surface area contributed by atoms with E-state index in [0.29, 0.717) is 11.5 Å². The molecule has 0 bridgehead atoms. The minimum absolute atomic E-state index is 0.466. The van der Waals surface area contributed by atoms with Crippen LogP contribution in [0.5, 0.6) is 0 Å². The lowest BCUT2D eigenvalue weighted by molar-refractivity contribution is 0.426. The molecule has 0 saturated heterocycles. The number of hydrogen-bond donors (Lipinski definition) is 0. The van der Waals surface area contributed by atoms with Crippen LogP contribution in [0.2, 0.25) is 0 Å². The monoisotopic (exact) mass is 291 g/mol. The van der Waals surface area contributed by atoms with Gasteiger partial charge in [0.2, 0.25) is 0 Å². The summed E-state index contributed by atoms with van der Waals surface area (Å²) in [7, 11) is 0. The third-order valence-corrected chi connectivity index (χ3v) is 5.47. The van der Waals surface area contributed by atoms with Gasteiger partial charge in [0, 0.05) is 5.25 Å². The minimum Gasteiger partial charge on any atom is -0.333 e. The summed E-state index contributed by atoms with van der Waals surface area (Å²) in [5, 5.41) is 15.6. The first kappa shape index (κ1) is 12.7. The number of nitrogens with zero attached hydrogens (tertiary/aromatic N) is 3. The average Bonchev–Trinajstić information content (AvgIpc) is 3.16. The highest BCUT2D eigenvalue weighted by atomic mass is 32.2. The van der Waals surface area contributed by atoms with Crippen molar-refractivity contribution in [1.82, 2.24) is 10.1 Å². The Morgan fingerprint density at radius 3 is 3.11 bits per heavy atom. The summed E-state index contributed by atoms with van der Waals surface area (Å²) in [6.45, 7) is 0. The largest absolute Gasteiger partial charge is 0.333 e. The van der Waals surface area contributed by atoms with Gasteiger partial charge in [-0.1, -0.05) is 18.0 Å². The zero-order valence-electron chi connectivity index (χ0n) is 10.3. The number of rotatable bonds is 4. The molecule has 3 rings (SSSR count).